The van der Waals surface area contributed by atoms with Gasteiger partial charge >= 0.3 is 0 Å². The molecule has 0 bridgehead atoms. The van der Waals surface area contributed by atoms with Crippen LogP contribution in [0.2, 0.25) is 0 Å². The molecule has 2 aromatic rings. The Morgan fingerprint density at radius 2 is 2.28 bits per heavy atom. The van der Waals surface area contributed by atoms with Crippen molar-refractivity contribution in [3.8, 4) is 0 Å². The predicted octanol–water partition coefficient (Wildman–Crippen LogP) is 1.67. The molecule has 0 saturated carbocycles. The van der Waals surface area contributed by atoms with Crippen molar-refractivity contribution < 1.29 is 9.21 Å². The van der Waals surface area contributed by atoms with E-state index >= 15 is 0 Å². The van der Waals surface area contributed by atoms with E-state index in [2.05, 4.69) is 10.3 Å². The summed E-state index contributed by atoms with van der Waals surface area (Å²) in [5.74, 6) is 0.697. The van der Waals surface area contributed by atoms with E-state index in [1.807, 2.05) is 31.1 Å². The van der Waals surface area contributed by atoms with Crippen molar-refractivity contribution in [3.63, 3.8) is 0 Å². The number of rotatable bonds is 4. The highest BCUT2D eigenvalue weighted by Gasteiger charge is 2.09. The monoisotopic (exact) mass is 245 g/mol. The molecule has 0 unspecified atom stereocenters. The standard InChI is InChI=1S/C13H15N3O2/c1-16(2)12-10(4-3-6-14-12)8-15-13(17)11-5-7-18-9-11/h3-7,9H,8H2,1-2H3,(H,15,17). The molecule has 0 spiro atoms. The Kier molecular flexibility index (Phi) is 3.62. The molecule has 18 heavy (non-hydrogen) atoms. The summed E-state index contributed by atoms with van der Waals surface area (Å²) >= 11 is 0. The van der Waals surface area contributed by atoms with Crippen LogP contribution in [0.1, 0.15) is 15.9 Å². The fourth-order valence-electron chi connectivity index (χ4n) is 1.64. The van der Waals surface area contributed by atoms with E-state index in [1.54, 1.807) is 12.3 Å². The quantitative estimate of drug-likeness (QED) is 0.890. The molecule has 1 amide bonds. The highest BCUT2D eigenvalue weighted by Crippen LogP contribution is 2.14. The first-order chi connectivity index (χ1) is 8.68. The van der Waals surface area contributed by atoms with Crippen molar-refractivity contribution in [1.29, 1.82) is 0 Å². The van der Waals surface area contributed by atoms with Crippen LogP contribution < -0.4 is 10.2 Å². The molecule has 0 aliphatic carbocycles. The van der Waals surface area contributed by atoms with Crippen LogP contribution in [0.3, 0.4) is 0 Å². The highest BCUT2D eigenvalue weighted by molar-refractivity contribution is 5.93. The number of anilines is 1. The zero-order valence-electron chi connectivity index (χ0n) is 10.4. The number of nitrogens with one attached hydrogen (secondary N) is 1. The fraction of sp³-hybridized carbons (Fsp3) is 0.231. The predicted molar refractivity (Wildman–Crippen MR) is 68.4 cm³/mol. The third-order valence-corrected chi connectivity index (χ3v) is 2.51. The SMILES string of the molecule is CN(C)c1ncccc1CNC(=O)c1ccoc1. The zero-order chi connectivity index (χ0) is 13.0. The van der Waals surface area contributed by atoms with Gasteiger partial charge in [-0.15, -0.1) is 0 Å². The minimum Gasteiger partial charge on any atom is -0.472 e. The molecule has 0 aromatic carbocycles. The van der Waals surface area contributed by atoms with Crippen LogP contribution in [-0.4, -0.2) is 25.0 Å². The lowest BCUT2D eigenvalue weighted by Crippen LogP contribution is -2.24. The van der Waals surface area contributed by atoms with Crippen LogP contribution in [0.4, 0.5) is 5.82 Å². The van der Waals surface area contributed by atoms with Crippen LogP contribution in [-0.2, 0) is 6.54 Å². The third kappa shape index (κ3) is 2.68. The maximum atomic E-state index is 11.8. The summed E-state index contributed by atoms with van der Waals surface area (Å²) in [5, 5.41) is 2.83. The van der Waals surface area contributed by atoms with Crippen molar-refractivity contribution in [2.75, 3.05) is 19.0 Å². The molecule has 0 fully saturated rings. The minimum atomic E-state index is -0.155. The van der Waals surface area contributed by atoms with Gasteiger partial charge in [-0.1, -0.05) is 6.07 Å². The number of carbonyl (C=O) groups is 1. The molecule has 0 radical (unpaired) electrons. The third-order valence-electron chi connectivity index (χ3n) is 2.51. The summed E-state index contributed by atoms with van der Waals surface area (Å²) in [4.78, 5) is 17.9. The van der Waals surface area contributed by atoms with E-state index in [4.69, 9.17) is 4.42 Å². The Balaban J connectivity index is 2.04. The minimum absolute atomic E-state index is 0.155. The average Bonchev–Trinajstić information content (AvgIpc) is 2.90. The van der Waals surface area contributed by atoms with Gasteiger partial charge in [0.25, 0.3) is 5.91 Å². The van der Waals surface area contributed by atoms with Gasteiger partial charge in [0.2, 0.25) is 0 Å². The summed E-state index contributed by atoms with van der Waals surface area (Å²) in [6.45, 7) is 0.436. The van der Waals surface area contributed by atoms with Gasteiger partial charge in [-0.05, 0) is 12.1 Å². The number of aromatic nitrogens is 1. The normalized spacial score (nSPS) is 10.1. The number of hydrogen-bond donors (Lipinski definition) is 1. The first kappa shape index (κ1) is 12.2. The van der Waals surface area contributed by atoms with Crippen molar-refractivity contribution in [2.24, 2.45) is 0 Å². The van der Waals surface area contributed by atoms with Crippen LogP contribution in [0.25, 0.3) is 0 Å². The summed E-state index contributed by atoms with van der Waals surface area (Å²) in [6.07, 6.45) is 4.63. The molecule has 0 atom stereocenters. The molecule has 1 N–H and O–H groups in total. The van der Waals surface area contributed by atoms with Crippen molar-refractivity contribution in [3.05, 3.63) is 48.0 Å². The average molecular weight is 245 g/mol. The molecule has 0 aliphatic heterocycles. The van der Waals surface area contributed by atoms with Gasteiger partial charge in [0.1, 0.15) is 12.1 Å². The van der Waals surface area contributed by atoms with Gasteiger partial charge in [0.15, 0.2) is 0 Å². The Morgan fingerprint density at radius 3 is 2.94 bits per heavy atom. The summed E-state index contributed by atoms with van der Waals surface area (Å²) in [5.41, 5.74) is 1.49. The fourth-order valence-corrected chi connectivity index (χ4v) is 1.64. The second-order valence-corrected chi connectivity index (χ2v) is 4.08. The van der Waals surface area contributed by atoms with E-state index in [0.29, 0.717) is 12.1 Å². The molecule has 5 heteroatoms. The van der Waals surface area contributed by atoms with E-state index in [0.717, 1.165) is 11.4 Å². The van der Waals surface area contributed by atoms with E-state index in [1.165, 1.54) is 12.5 Å². The lowest BCUT2D eigenvalue weighted by Gasteiger charge is -2.15. The van der Waals surface area contributed by atoms with Crippen molar-refractivity contribution in [2.45, 2.75) is 6.54 Å². The van der Waals surface area contributed by atoms with Crippen LogP contribution in [0, 0.1) is 0 Å². The van der Waals surface area contributed by atoms with Gasteiger partial charge in [0, 0.05) is 32.4 Å². The lowest BCUT2D eigenvalue weighted by molar-refractivity contribution is 0.0950. The smallest absolute Gasteiger partial charge is 0.254 e. The van der Waals surface area contributed by atoms with E-state index in [9.17, 15) is 4.79 Å². The molecular weight excluding hydrogens is 230 g/mol. The number of hydrogen-bond acceptors (Lipinski definition) is 4. The second-order valence-electron chi connectivity index (χ2n) is 4.08. The first-order valence-electron chi connectivity index (χ1n) is 5.60. The van der Waals surface area contributed by atoms with Gasteiger partial charge in [-0.2, -0.15) is 0 Å². The molecule has 2 heterocycles. The number of furan rings is 1. The highest BCUT2D eigenvalue weighted by atomic mass is 16.3. The summed E-state index contributed by atoms with van der Waals surface area (Å²) in [7, 11) is 3.84. The molecule has 0 saturated heterocycles. The van der Waals surface area contributed by atoms with Crippen LogP contribution in [0.15, 0.2) is 41.3 Å². The number of carbonyl (C=O) groups excluding carboxylic acids is 1. The Bertz CT molecular complexity index is 521. The van der Waals surface area contributed by atoms with E-state index < -0.39 is 0 Å². The number of pyridine rings is 1. The van der Waals surface area contributed by atoms with E-state index in [-0.39, 0.29) is 5.91 Å². The Morgan fingerprint density at radius 1 is 1.44 bits per heavy atom. The maximum absolute atomic E-state index is 11.8. The van der Waals surface area contributed by atoms with Crippen LogP contribution >= 0.6 is 0 Å². The molecular formula is C13H15N3O2. The Hall–Kier alpha value is -2.30. The number of nitrogens with zero attached hydrogens (tertiary/aromatic N) is 2. The van der Waals surface area contributed by atoms with Gasteiger partial charge in [0.05, 0.1) is 11.8 Å². The van der Waals surface area contributed by atoms with Crippen molar-refractivity contribution in [1.82, 2.24) is 10.3 Å². The van der Waals surface area contributed by atoms with Gasteiger partial charge in [-0.25, -0.2) is 4.98 Å². The number of amides is 1. The molecule has 0 aliphatic rings. The van der Waals surface area contributed by atoms with Crippen LogP contribution in [0.5, 0.6) is 0 Å². The van der Waals surface area contributed by atoms with Crippen molar-refractivity contribution >= 4 is 11.7 Å². The largest absolute Gasteiger partial charge is 0.472 e. The maximum Gasteiger partial charge on any atom is 0.254 e. The molecule has 2 rings (SSSR count). The lowest BCUT2D eigenvalue weighted by atomic mass is 10.2. The molecule has 94 valence electrons. The first-order valence-corrected chi connectivity index (χ1v) is 5.60. The second kappa shape index (κ2) is 5.35. The Labute approximate surface area is 105 Å². The topological polar surface area (TPSA) is 58.4 Å². The summed E-state index contributed by atoms with van der Waals surface area (Å²) in [6, 6.07) is 5.43. The molecule has 2 aromatic heterocycles. The summed E-state index contributed by atoms with van der Waals surface area (Å²) < 4.78 is 4.87. The van der Waals surface area contributed by atoms with Gasteiger partial charge in [-0.3, -0.25) is 4.79 Å². The molecule has 5 nitrogen and oxygen atoms in total. The van der Waals surface area contributed by atoms with Gasteiger partial charge < -0.3 is 14.6 Å². The zero-order valence-corrected chi connectivity index (χ0v) is 10.4.